The van der Waals surface area contributed by atoms with Crippen molar-refractivity contribution in [2.45, 2.75) is 26.3 Å². The van der Waals surface area contributed by atoms with Crippen LogP contribution in [0.15, 0.2) is 12.5 Å². The van der Waals surface area contributed by atoms with Gasteiger partial charge in [0, 0.05) is 17.9 Å². The molecule has 2 N–H and O–H groups in total. The van der Waals surface area contributed by atoms with E-state index in [0.717, 1.165) is 17.7 Å². The summed E-state index contributed by atoms with van der Waals surface area (Å²) in [5, 5.41) is 0. The highest BCUT2D eigenvalue weighted by Crippen LogP contribution is 2.03. The second-order valence-electron chi connectivity index (χ2n) is 2.81. The van der Waals surface area contributed by atoms with Crippen LogP contribution >= 0.6 is 0 Å². The average molecular weight is 151 g/mol. The van der Waals surface area contributed by atoms with Crippen molar-refractivity contribution in [3.05, 3.63) is 23.8 Å². The fraction of sp³-hybridized carbons (Fsp3) is 0.500. The SMILES string of the molecule is Cc1ncncc1C[C@@H](C)N. The zero-order valence-electron chi connectivity index (χ0n) is 6.91. The van der Waals surface area contributed by atoms with Crippen LogP contribution in [0.5, 0.6) is 0 Å². The molecule has 11 heavy (non-hydrogen) atoms. The number of nitrogens with two attached hydrogens (primary N) is 1. The van der Waals surface area contributed by atoms with Crippen LogP contribution in [0.1, 0.15) is 18.2 Å². The first-order valence-electron chi connectivity index (χ1n) is 3.71. The Hall–Kier alpha value is -0.960. The summed E-state index contributed by atoms with van der Waals surface area (Å²) in [5.74, 6) is 0. The van der Waals surface area contributed by atoms with Crippen LogP contribution in [0, 0.1) is 6.92 Å². The average Bonchev–Trinajstić information content (AvgIpc) is 1.93. The summed E-state index contributed by atoms with van der Waals surface area (Å²) in [5.41, 5.74) is 7.80. The van der Waals surface area contributed by atoms with Crippen LogP contribution < -0.4 is 5.73 Å². The van der Waals surface area contributed by atoms with Gasteiger partial charge in [-0.05, 0) is 25.8 Å². The molecule has 1 aromatic heterocycles. The monoisotopic (exact) mass is 151 g/mol. The Kier molecular flexibility index (Phi) is 2.54. The first-order valence-corrected chi connectivity index (χ1v) is 3.71. The second-order valence-corrected chi connectivity index (χ2v) is 2.81. The molecule has 1 heterocycles. The Morgan fingerprint density at radius 1 is 1.64 bits per heavy atom. The molecule has 60 valence electrons. The highest BCUT2D eigenvalue weighted by molar-refractivity contribution is 5.14. The number of hydrogen-bond acceptors (Lipinski definition) is 3. The van der Waals surface area contributed by atoms with Gasteiger partial charge in [-0.15, -0.1) is 0 Å². The normalized spacial score (nSPS) is 13.0. The summed E-state index contributed by atoms with van der Waals surface area (Å²) in [6.07, 6.45) is 4.23. The van der Waals surface area contributed by atoms with E-state index in [9.17, 15) is 0 Å². The zero-order valence-corrected chi connectivity index (χ0v) is 6.91. The van der Waals surface area contributed by atoms with E-state index in [-0.39, 0.29) is 6.04 Å². The van der Waals surface area contributed by atoms with E-state index in [2.05, 4.69) is 9.97 Å². The van der Waals surface area contributed by atoms with Gasteiger partial charge in [0.15, 0.2) is 0 Å². The molecule has 1 rings (SSSR count). The third-order valence-electron chi connectivity index (χ3n) is 1.56. The van der Waals surface area contributed by atoms with E-state index in [1.54, 1.807) is 6.33 Å². The molecule has 0 aliphatic carbocycles. The molecule has 0 spiro atoms. The predicted molar refractivity (Wildman–Crippen MR) is 44.1 cm³/mol. The van der Waals surface area contributed by atoms with Crippen molar-refractivity contribution in [3.63, 3.8) is 0 Å². The largest absolute Gasteiger partial charge is 0.328 e. The lowest BCUT2D eigenvalue weighted by atomic mass is 10.1. The fourth-order valence-corrected chi connectivity index (χ4v) is 0.967. The minimum atomic E-state index is 0.180. The molecule has 0 aromatic carbocycles. The topological polar surface area (TPSA) is 51.8 Å². The molecule has 0 saturated carbocycles. The van der Waals surface area contributed by atoms with E-state index in [1.807, 2.05) is 20.0 Å². The quantitative estimate of drug-likeness (QED) is 0.676. The molecule has 3 heteroatoms. The van der Waals surface area contributed by atoms with Crippen molar-refractivity contribution in [2.24, 2.45) is 5.73 Å². The summed E-state index contributed by atoms with van der Waals surface area (Å²) < 4.78 is 0. The molecule has 1 atom stereocenters. The Morgan fingerprint density at radius 2 is 2.36 bits per heavy atom. The van der Waals surface area contributed by atoms with Crippen molar-refractivity contribution in [1.82, 2.24) is 9.97 Å². The van der Waals surface area contributed by atoms with Gasteiger partial charge in [-0.25, -0.2) is 9.97 Å². The predicted octanol–water partition coefficient (Wildman–Crippen LogP) is 0.675. The van der Waals surface area contributed by atoms with E-state index in [4.69, 9.17) is 5.73 Å². The van der Waals surface area contributed by atoms with Gasteiger partial charge >= 0.3 is 0 Å². The third kappa shape index (κ3) is 2.27. The molecule has 0 aliphatic heterocycles. The molecule has 0 unspecified atom stereocenters. The maximum absolute atomic E-state index is 5.64. The molecule has 1 aromatic rings. The first kappa shape index (κ1) is 8.14. The van der Waals surface area contributed by atoms with Crippen LogP contribution in [0.2, 0.25) is 0 Å². The summed E-state index contributed by atoms with van der Waals surface area (Å²) in [4.78, 5) is 8.00. The van der Waals surface area contributed by atoms with Gasteiger partial charge in [0.2, 0.25) is 0 Å². The summed E-state index contributed by atoms with van der Waals surface area (Å²) >= 11 is 0. The Balaban J connectivity index is 2.78. The maximum Gasteiger partial charge on any atom is 0.115 e. The van der Waals surface area contributed by atoms with Crippen molar-refractivity contribution in [3.8, 4) is 0 Å². The number of hydrogen-bond donors (Lipinski definition) is 1. The van der Waals surface area contributed by atoms with Crippen LogP contribution in [0.4, 0.5) is 0 Å². The van der Waals surface area contributed by atoms with Crippen molar-refractivity contribution < 1.29 is 0 Å². The molecular formula is C8H13N3. The van der Waals surface area contributed by atoms with E-state index >= 15 is 0 Å². The van der Waals surface area contributed by atoms with Crippen molar-refractivity contribution in [1.29, 1.82) is 0 Å². The molecule has 3 nitrogen and oxygen atoms in total. The molecule has 0 bridgehead atoms. The molecule has 0 aliphatic rings. The van der Waals surface area contributed by atoms with Gasteiger partial charge in [-0.2, -0.15) is 0 Å². The molecule has 0 radical (unpaired) electrons. The van der Waals surface area contributed by atoms with Crippen LogP contribution in [-0.2, 0) is 6.42 Å². The van der Waals surface area contributed by atoms with Gasteiger partial charge in [-0.1, -0.05) is 0 Å². The Bertz CT molecular complexity index is 233. The minimum absolute atomic E-state index is 0.180. The third-order valence-corrected chi connectivity index (χ3v) is 1.56. The molecule has 0 fully saturated rings. The van der Waals surface area contributed by atoms with Gasteiger partial charge in [0.1, 0.15) is 6.33 Å². The lowest BCUT2D eigenvalue weighted by Gasteiger charge is -2.05. The van der Waals surface area contributed by atoms with Gasteiger partial charge in [0.25, 0.3) is 0 Å². The Morgan fingerprint density at radius 3 is 2.91 bits per heavy atom. The van der Waals surface area contributed by atoms with E-state index < -0.39 is 0 Å². The van der Waals surface area contributed by atoms with Crippen molar-refractivity contribution >= 4 is 0 Å². The first-order chi connectivity index (χ1) is 5.20. The summed E-state index contributed by atoms with van der Waals surface area (Å²) in [7, 11) is 0. The maximum atomic E-state index is 5.64. The van der Waals surface area contributed by atoms with E-state index in [0.29, 0.717) is 0 Å². The zero-order chi connectivity index (χ0) is 8.27. The standard InChI is InChI=1S/C8H13N3/c1-6(9)3-8-4-10-5-11-7(8)2/h4-6H,3,9H2,1-2H3/t6-/m1/s1. The van der Waals surface area contributed by atoms with Crippen LogP contribution in [0.3, 0.4) is 0 Å². The van der Waals surface area contributed by atoms with Crippen molar-refractivity contribution in [2.75, 3.05) is 0 Å². The van der Waals surface area contributed by atoms with Crippen LogP contribution in [0.25, 0.3) is 0 Å². The Labute approximate surface area is 66.7 Å². The number of aryl methyl sites for hydroxylation is 1. The van der Waals surface area contributed by atoms with Gasteiger partial charge in [-0.3, -0.25) is 0 Å². The van der Waals surface area contributed by atoms with Gasteiger partial charge < -0.3 is 5.73 Å². The number of nitrogens with zero attached hydrogens (tertiary/aromatic N) is 2. The lowest BCUT2D eigenvalue weighted by molar-refractivity contribution is 0.727. The molecule has 0 saturated heterocycles. The highest BCUT2D eigenvalue weighted by atomic mass is 14.8. The summed E-state index contributed by atoms with van der Waals surface area (Å²) in [6, 6.07) is 0.180. The number of aromatic nitrogens is 2. The minimum Gasteiger partial charge on any atom is -0.328 e. The van der Waals surface area contributed by atoms with Crippen LogP contribution in [-0.4, -0.2) is 16.0 Å². The highest BCUT2D eigenvalue weighted by Gasteiger charge is 2.01. The smallest absolute Gasteiger partial charge is 0.115 e. The lowest BCUT2D eigenvalue weighted by Crippen LogP contribution is -2.18. The molecular weight excluding hydrogens is 138 g/mol. The summed E-state index contributed by atoms with van der Waals surface area (Å²) in [6.45, 7) is 3.95. The molecule has 0 amide bonds. The van der Waals surface area contributed by atoms with E-state index in [1.165, 1.54) is 0 Å². The van der Waals surface area contributed by atoms with Gasteiger partial charge in [0.05, 0.1) is 0 Å². The fourth-order valence-electron chi connectivity index (χ4n) is 0.967. The second kappa shape index (κ2) is 3.44. The number of rotatable bonds is 2.